The highest BCUT2D eigenvalue weighted by atomic mass is 35.5. The van der Waals surface area contributed by atoms with E-state index in [0.29, 0.717) is 0 Å². The van der Waals surface area contributed by atoms with E-state index in [1.54, 1.807) is 0 Å². The molecule has 2 rings (SSSR count). The second kappa shape index (κ2) is 7.09. The second-order valence-corrected chi connectivity index (χ2v) is 3.84. The van der Waals surface area contributed by atoms with Crippen LogP contribution < -0.4 is 5.32 Å². The van der Waals surface area contributed by atoms with Crippen molar-refractivity contribution in [2.45, 2.75) is 26.3 Å². The van der Waals surface area contributed by atoms with E-state index in [1.165, 1.54) is 19.4 Å². The zero-order chi connectivity index (χ0) is 9.10. The molecule has 1 N–H and O–H groups in total. The molecule has 1 aliphatic rings. The van der Waals surface area contributed by atoms with E-state index in [1.807, 2.05) is 6.20 Å². The lowest BCUT2D eigenvalue weighted by Crippen LogP contribution is -2.32. The number of aryl methyl sites for hydroxylation is 1. The molecule has 1 aliphatic heterocycles. The molecule has 0 aliphatic carbocycles. The Labute approximate surface area is 103 Å². The maximum atomic E-state index is 4.22. The van der Waals surface area contributed by atoms with Crippen LogP contribution in [0.1, 0.15) is 18.7 Å². The van der Waals surface area contributed by atoms with Gasteiger partial charge in [-0.2, -0.15) is 0 Å². The van der Waals surface area contributed by atoms with E-state index in [-0.39, 0.29) is 24.8 Å². The highest BCUT2D eigenvalue weighted by Crippen LogP contribution is 2.13. The summed E-state index contributed by atoms with van der Waals surface area (Å²) in [4.78, 5) is 4.22. The van der Waals surface area contributed by atoms with Crippen LogP contribution in [0.4, 0.5) is 0 Å². The molecule has 2 heterocycles. The van der Waals surface area contributed by atoms with Crippen molar-refractivity contribution in [2.24, 2.45) is 5.92 Å². The van der Waals surface area contributed by atoms with Crippen molar-refractivity contribution in [3.05, 3.63) is 18.2 Å². The quantitative estimate of drug-likeness (QED) is 0.872. The summed E-state index contributed by atoms with van der Waals surface area (Å²) in [6.45, 7) is 5.55. The summed E-state index contributed by atoms with van der Waals surface area (Å²) in [6.07, 6.45) is 6.62. The SMILES string of the molecule is Cc1nccn1C[C@@H]1CCCNC1.Cl.Cl. The number of aromatic nitrogens is 2. The molecule has 88 valence electrons. The molecule has 0 saturated carbocycles. The third-order valence-electron chi connectivity index (χ3n) is 2.78. The second-order valence-electron chi connectivity index (χ2n) is 3.84. The van der Waals surface area contributed by atoms with Crippen LogP contribution in [0.5, 0.6) is 0 Å². The normalized spacial score (nSPS) is 20.2. The van der Waals surface area contributed by atoms with Crippen LogP contribution in [0.3, 0.4) is 0 Å². The van der Waals surface area contributed by atoms with Gasteiger partial charge in [-0.1, -0.05) is 0 Å². The van der Waals surface area contributed by atoms with E-state index >= 15 is 0 Å². The fourth-order valence-electron chi connectivity index (χ4n) is 1.95. The molecule has 1 aromatic rings. The van der Waals surface area contributed by atoms with Crippen molar-refractivity contribution in [3.63, 3.8) is 0 Å². The molecule has 0 unspecified atom stereocenters. The fourth-order valence-corrected chi connectivity index (χ4v) is 1.95. The van der Waals surface area contributed by atoms with Gasteiger partial charge in [0, 0.05) is 18.9 Å². The van der Waals surface area contributed by atoms with E-state index < -0.39 is 0 Å². The number of imidazole rings is 1. The summed E-state index contributed by atoms with van der Waals surface area (Å²) in [5.41, 5.74) is 0. The topological polar surface area (TPSA) is 29.9 Å². The molecule has 1 atom stereocenters. The highest BCUT2D eigenvalue weighted by Gasteiger charge is 2.13. The maximum absolute atomic E-state index is 4.22. The van der Waals surface area contributed by atoms with Crippen molar-refractivity contribution in [2.75, 3.05) is 13.1 Å². The van der Waals surface area contributed by atoms with Crippen molar-refractivity contribution < 1.29 is 0 Å². The van der Waals surface area contributed by atoms with Gasteiger partial charge in [0.25, 0.3) is 0 Å². The van der Waals surface area contributed by atoms with Crippen molar-refractivity contribution in [1.29, 1.82) is 0 Å². The molecule has 1 aromatic heterocycles. The van der Waals surface area contributed by atoms with E-state index in [9.17, 15) is 0 Å². The number of nitrogens with zero attached hydrogens (tertiary/aromatic N) is 2. The molecular weight excluding hydrogens is 233 g/mol. The Balaban J connectivity index is 0.000000980. The van der Waals surface area contributed by atoms with Crippen molar-refractivity contribution in [1.82, 2.24) is 14.9 Å². The number of rotatable bonds is 2. The zero-order valence-electron chi connectivity index (χ0n) is 8.98. The van der Waals surface area contributed by atoms with Crippen LogP contribution in [0.2, 0.25) is 0 Å². The molecule has 5 heteroatoms. The minimum absolute atomic E-state index is 0. The van der Waals surface area contributed by atoms with Crippen molar-refractivity contribution >= 4 is 24.8 Å². The molecule has 15 heavy (non-hydrogen) atoms. The smallest absolute Gasteiger partial charge is 0.105 e. The Morgan fingerprint density at radius 1 is 1.53 bits per heavy atom. The Kier molecular flexibility index (Phi) is 6.98. The third kappa shape index (κ3) is 4.01. The first kappa shape index (κ1) is 14.8. The molecule has 3 nitrogen and oxygen atoms in total. The monoisotopic (exact) mass is 251 g/mol. The van der Waals surface area contributed by atoms with Gasteiger partial charge in [-0.3, -0.25) is 0 Å². The van der Waals surface area contributed by atoms with Gasteiger partial charge in [0.15, 0.2) is 0 Å². The predicted octanol–water partition coefficient (Wildman–Crippen LogP) is 2.03. The van der Waals surface area contributed by atoms with Gasteiger partial charge >= 0.3 is 0 Å². The van der Waals surface area contributed by atoms with Crippen LogP contribution in [-0.2, 0) is 6.54 Å². The lowest BCUT2D eigenvalue weighted by atomic mass is 10.00. The minimum atomic E-state index is 0. The molecule has 1 saturated heterocycles. The van der Waals surface area contributed by atoms with Gasteiger partial charge in [-0.05, 0) is 38.8 Å². The number of hydrogen-bond donors (Lipinski definition) is 1. The number of halogens is 2. The number of piperidine rings is 1. The van der Waals surface area contributed by atoms with Gasteiger partial charge in [0.05, 0.1) is 0 Å². The Hall–Kier alpha value is -0.250. The summed E-state index contributed by atoms with van der Waals surface area (Å²) < 4.78 is 2.25. The summed E-state index contributed by atoms with van der Waals surface area (Å²) >= 11 is 0. The molecule has 0 bridgehead atoms. The standard InChI is InChI=1S/C10H17N3.2ClH/c1-9-12-5-6-13(9)8-10-3-2-4-11-7-10;;/h5-6,10-11H,2-4,7-8H2,1H3;2*1H/t10-;;/m1../s1. The molecule has 1 fully saturated rings. The maximum Gasteiger partial charge on any atom is 0.105 e. The molecule has 0 amide bonds. The van der Waals surface area contributed by atoms with Crippen LogP contribution in [0.25, 0.3) is 0 Å². The predicted molar refractivity (Wildman–Crippen MR) is 67.1 cm³/mol. The van der Waals surface area contributed by atoms with Gasteiger partial charge in [-0.15, -0.1) is 24.8 Å². The van der Waals surface area contributed by atoms with Crippen LogP contribution in [0, 0.1) is 12.8 Å². The Morgan fingerprint density at radius 2 is 2.33 bits per heavy atom. The van der Waals surface area contributed by atoms with Gasteiger partial charge in [0.1, 0.15) is 5.82 Å². The van der Waals surface area contributed by atoms with Crippen LogP contribution in [-0.4, -0.2) is 22.6 Å². The average Bonchev–Trinajstić information content (AvgIpc) is 2.54. The molecule has 0 aromatic carbocycles. The lowest BCUT2D eigenvalue weighted by molar-refractivity contribution is 0.335. The van der Waals surface area contributed by atoms with E-state index in [0.717, 1.165) is 24.8 Å². The van der Waals surface area contributed by atoms with Gasteiger partial charge in [-0.25, -0.2) is 4.98 Å². The Morgan fingerprint density at radius 3 is 2.87 bits per heavy atom. The summed E-state index contributed by atoms with van der Waals surface area (Å²) in [6, 6.07) is 0. The molecular formula is C10H19Cl2N3. The number of nitrogens with one attached hydrogen (secondary N) is 1. The summed E-state index contributed by atoms with van der Waals surface area (Å²) in [7, 11) is 0. The molecule has 0 spiro atoms. The van der Waals surface area contributed by atoms with Gasteiger partial charge in [0.2, 0.25) is 0 Å². The minimum Gasteiger partial charge on any atom is -0.335 e. The summed E-state index contributed by atoms with van der Waals surface area (Å²) in [5.74, 6) is 1.92. The molecule has 0 radical (unpaired) electrons. The highest BCUT2D eigenvalue weighted by molar-refractivity contribution is 5.85. The third-order valence-corrected chi connectivity index (χ3v) is 2.78. The Bertz CT molecular complexity index is 269. The van der Waals surface area contributed by atoms with Crippen LogP contribution >= 0.6 is 24.8 Å². The first-order valence-corrected chi connectivity index (χ1v) is 5.05. The van der Waals surface area contributed by atoms with Crippen LogP contribution in [0.15, 0.2) is 12.4 Å². The average molecular weight is 252 g/mol. The van der Waals surface area contributed by atoms with E-state index in [4.69, 9.17) is 0 Å². The van der Waals surface area contributed by atoms with Gasteiger partial charge < -0.3 is 9.88 Å². The summed E-state index contributed by atoms with van der Waals surface area (Å²) in [5, 5.41) is 3.43. The lowest BCUT2D eigenvalue weighted by Gasteiger charge is -2.23. The fraction of sp³-hybridized carbons (Fsp3) is 0.700. The largest absolute Gasteiger partial charge is 0.335 e. The zero-order valence-corrected chi connectivity index (χ0v) is 10.6. The van der Waals surface area contributed by atoms with Crippen molar-refractivity contribution in [3.8, 4) is 0 Å². The number of hydrogen-bond acceptors (Lipinski definition) is 2. The first-order chi connectivity index (χ1) is 6.36. The van der Waals surface area contributed by atoms with E-state index in [2.05, 4.69) is 28.0 Å². The first-order valence-electron chi connectivity index (χ1n) is 5.05.